The van der Waals surface area contributed by atoms with E-state index in [1.54, 1.807) is 4.90 Å². The van der Waals surface area contributed by atoms with Gasteiger partial charge in [0.1, 0.15) is 6.04 Å². The molecule has 1 saturated heterocycles. The molecule has 0 radical (unpaired) electrons. The van der Waals surface area contributed by atoms with E-state index < -0.39 is 6.04 Å². The predicted octanol–water partition coefficient (Wildman–Crippen LogP) is 2.98. The lowest BCUT2D eigenvalue weighted by molar-refractivity contribution is -0.156. The van der Waals surface area contributed by atoms with Gasteiger partial charge in [0.05, 0.1) is 7.11 Å². The van der Waals surface area contributed by atoms with Crippen LogP contribution in [0.1, 0.15) is 36.0 Å². The number of ether oxygens (including phenoxy) is 1. The third-order valence-electron chi connectivity index (χ3n) is 6.67. The molecule has 2 aliphatic rings. The monoisotopic (exact) mass is 434 g/mol. The van der Waals surface area contributed by atoms with Crippen LogP contribution < -0.4 is 0 Å². The number of fused-ring (bicyclic) bond motifs is 1. The number of esters is 1. The molecule has 168 valence electrons. The van der Waals surface area contributed by atoms with Crippen molar-refractivity contribution in [2.45, 2.75) is 44.7 Å². The summed E-state index contributed by atoms with van der Waals surface area (Å²) in [6.45, 7) is 1.58. The minimum atomic E-state index is -0.590. The molecule has 6 nitrogen and oxygen atoms in total. The normalized spacial score (nSPS) is 18.7. The van der Waals surface area contributed by atoms with Gasteiger partial charge < -0.3 is 14.5 Å². The van der Waals surface area contributed by atoms with Crippen molar-refractivity contribution in [1.29, 1.82) is 0 Å². The summed E-state index contributed by atoms with van der Waals surface area (Å²) < 4.78 is 5.00. The van der Waals surface area contributed by atoms with Gasteiger partial charge in [-0.2, -0.15) is 0 Å². The molecular weight excluding hydrogens is 404 g/mol. The van der Waals surface area contributed by atoms with Crippen molar-refractivity contribution in [3.63, 3.8) is 0 Å². The lowest BCUT2D eigenvalue weighted by Gasteiger charge is -2.39. The number of piperidine rings is 1. The molecule has 32 heavy (non-hydrogen) atoms. The Morgan fingerprint density at radius 1 is 0.938 bits per heavy atom. The number of hydrogen-bond acceptors (Lipinski definition) is 4. The molecule has 4 rings (SSSR count). The minimum Gasteiger partial charge on any atom is -0.467 e. The maximum atomic E-state index is 13.4. The zero-order valence-corrected chi connectivity index (χ0v) is 18.5. The zero-order chi connectivity index (χ0) is 22.5. The molecule has 1 unspecified atom stereocenters. The highest BCUT2D eigenvalue weighted by Crippen LogP contribution is 2.28. The van der Waals surface area contributed by atoms with E-state index in [-0.39, 0.29) is 23.7 Å². The van der Waals surface area contributed by atoms with Crippen LogP contribution in [0.25, 0.3) is 0 Å². The first-order valence-corrected chi connectivity index (χ1v) is 11.3. The summed E-state index contributed by atoms with van der Waals surface area (Å²) in [5, 5.41) is 0. The number of methoxy groups -OCH3 is 1. The predicted molar refractivity (Wildman–Crippen MR) is 121 cm³/mol. The quantitative estimate of drug-likeness (QED) is 0.679. The number of carbonyl (C=O) groups is 3. The maximum absolute atomic E-state index is 13.4. The van der Waals surface area contributed by atoms with Gasteiger partial charge in [0.2, 0.25) is 11.8 Å². The van der Waals surface area contributed by atoms with Gasteiger partial charge in [0.15, 0.2) is 0 Å². The Labute approximate surface area is 189 Å². The number of aryl methyl sites for hydroxylation is 1. The molecule has 2 aliphatic heterocycles. The van der Waals surface area contributed by atoms with Crippen LogP contribution in [0.2, 0.25) is 0 Å². The first-order valence-electron chi connectivity index (χ1n) is 11.3. The molecule has 0 saturated carbocycles. The highest BCUT2D eigenvalue weighted by molar-refractivity contribution is 5.87. The number of amides is 2. The van der Waals surface area contributed by atoms with E-state index in [1.807, 2.05) is 59.5 Å². The van der Waals surface area contributed by atoms with Crippen LogP contribution in [0, 0.1) is 5.92 Å². The maximum Gasteiger partial charge on any atom is 0.328 e. The second kappa shape index (κ2) is 9.98. The molecule has 2 heterocycles. The molecule has 2 amide bonds. The molecule has 0 aromatic heterocycles. The summed E-state index contributed by atoms with van der Waals surface area (Å²) in [6, 6.07) is 17.3. The average molecular weight is 435 g/mol. The number of rotatable bonds is 5. The topological polar surface area (TPSA) is 66.9 Å². The fourth-order valence-corrected chi connectivity index (χ4v) is 4.77. The van der Waals surface area contributed by atoms with Crippen LogP contribution >= 0.6 is 0 Å². The largest absolute Gasteiger partial charge is 0.467 e. The second-order valence-corrected chi connectivity index (χ2v) is 8.62. The SMILES string of the molecule is COC(=O)C1Cc2ccccc2CN1C(=O)C1CCN(C(=O)CCc2ccccc2)CC1. The summed E-state index contributed by atoms with van der Waals surface area (Å²) in [7, 11) is 1.37. The minimum absolute atomic E-state index is 0.00807. The Morgan fingerprint density at radius 2 is 1.59 bits per heavy atom. The standard InChI is InChI=1S/C26H30N2O4/c1-32-26(31)23-17-21-9-5-6-10-22(21)18-28(23)25(30)20-13-15-27(16-14-20)24(29)12-11-19-7-3-2-4-8-19/h2-10,20,23H,11-18H2,1H3. The van der Waals surface area contributed by atoms with Crippen molar-refractivity contribution in [2.24, 2.45) is 5.92 Å². The van der Waals surface area contributed by atoms with Crippen molar-refractivity contribution < 1.29 is 19.1 Å². The van der Waals surface area contributed by atoms with Gasteiger partial charge in [-0.1, -0.05) is 54.6 Å². The summed E-state index contributed by atoms with van der Waals surface area (Å²) in [6.07, 6.45) is 2.94. The van der Waals surface area contributed by atoms with Crippen molar-refractivity contribution in [2.75, 3.05) is 20.2 Å². The lowest BCUT2D eigenvalue weighted by atomic mass is 9.89. The van der Waals surface area contributed by atoms with Crippen LogP contribution in [-0.4, -0.2) is 53.8 Å². The van der Waals surface area contributed by atoms with E-state index in [1.165, 1.54) is 7.11 Å². The molecule has 6 heteroatoms. The number of carbonyl (C=O) groups excluding carboxylic acids is 3. The fourth-order valence-electron chi connectivity index (χ4n) is 4.77. The highest BCUT2D eigenvalue weighted by atomic mass is 16.5. The molecule has 0 aliphatic carbocycles. The molecule has 2 aromatic carbocycles. The van der Waals surface area contributed by atoms with Gasteiger partial charge in [-0.3, -0.25) is 9.59 Å². The highest BCUT2D eigenvalue weighted by Gasteiger charge is 2.39. The van der Waals surface area contributed by atoms with Crippen LogP contribution in [0.15, 0.2) is 54.6 Å². The third-order valence-corrected chi connectivity index (χ3v) is 6.67. The molecule has 0 spiro atoms. The molecule has 2 aromatic rings. The van der Waals surface area contributed by atoms with Crippen LogP contribution in [-0.2, 0) is 38.5 Å². The second-order valence-electron chi connectivity index (χ2n) is 8.62. The van der Waals surface area contributed by atoms with Crippen molar-refractivity contribution in [1.82, 2.24) is 9.80 Å². The molecular formula is C26H30N2O4. The smallest absolute Gasteiger partial charge is 0.328 e. The number of benzene rings is 2. The van der Waals surface area contributed by atoms with E-state index in [0.29, 0.717) is 45.3 Å². The van der Waals surface area contributed by atoms with Gasteiger partial charge in [0, 0.05) is 38.4 Å². The van der Waals surface area contributed by atoms with E-state index in [2.05, 4.69) is 0 Å². The Morgan fingerprint density at radius 3 is 2.28 bits per heavy atom. The van der Waals surface area contributed by atoms with E-state index in [4.69, 9.17) is 4.74 Å². The summed E-state index contributed by atoms with van der Waals surface area (Å²) >= 11 is 0. The fraction of sp³-hybridized carbons (Fsp3) is 0.423. The first-order chi connectivity index (χ1) is 15.6. The molecule has 0 N–H and O–H groups in total. The van der Waals surface area contributed by atoms with Gasteiger partial charge in [-0.25, -0.2) is 4.79 Å². The Hall–Kier alpha value is -3.15. The Balaban J connectivity index is 1.35. The molecule has 1 fully saturated rings. The first kappa shape index (κ1) is 22.1. The average Bonchev–Trinajstić information content (AvgIpc) is 2.86. The van der Waals surface area contributed by atoms with E-state index in [9.17, 15) is 14.4 Å². The lowest BCUT2D eigenvalue weighted by Crippen LogP contribution is -2.52. The number of likely N-dealkylation sites (tertiary alicyclic amines) is 1. The zero-order valence-electron chi connectivity index (χ0n) is 18.5. The summed E-state index contributed by atoms with van der Waals surface area (Å²) in [5.41, 5.74) is 3.32. The van der Waals surface area contributed by atoms with Crippen LogP contribution in [0.5, 0.6) is 0 Å². The Kier molecular flexibility index (Phi) is 6.88. The summed E-state index contributed by atoms with van der Waals surface area (Å²) in [4.78, 5) is 42.0. The third kappa shape index (κ3) is 4.85. The molecule has 0 bridgehead atoms. The van der Waals surface area contributed by atoms with Crippen LogP contribution in [0.3, 0.4) is 0 Å². The van der Waals surface area contributed by atoms with E-state index >= 15 is 0 Å². The van der Waals surface area contributed by atoms with Crippen molar-refractivity contribution in [3.05, 3.63) is 71.3 Å². The van der Waals surface area contributed by atoms with Crippen molar-refractivity contribution in [3.8, 4) is 0 Å². The number of nitrogens with zero attached hydrogens (tertiary/aromatic N) is 2. The van der Waals surface area contributed by atoms with Crippen LogP contribution in [0.4, 0.5) is 0 Å². The number of hydrogen-bond donors (Lipinski definition) is 0. The van der Waals surface area contributed by atoms with Gasteiger partial charge in [-0.05, 0) is 36.0 Å². The van der Waals surface area contributed by atoms with E-state index in [0.717, 1.165) is 23.1 Å². The molecule has 1 atom stereocenters. The van der Waals surface area contributed by atoms with Crippen molar-refractivity contribution >= 4 is 17.8 Å². The van der Waals surface area contributed by atoms with Gasteiger partial charge >= 0.3 is 5.97 Å². The Bertz CT molecular complexity index is 967. The van der Waals surface area contributed by atoms with Gasteiger partial charge in [-0.15, -0.1) is 0 Å². The van der Waals surface area contributed by atoms with Gasteiger partial charge in [0.25, 0.3) is 0 Å². The summed E-state index contributed by atoms with van der Waals surface area (Å²) in [5.74, 6) is -0.419.